The number of hydrogen-bond donors (Lipinski definition) is 4. The maximum Gasteiger partial charge on any atom is 0.322 e. The second-order valence-electron chi connectivity index (χ2n) is 5.41. The van der Waals surface area contributed by atoms with Gasteiger partial charge in [-0.1, -0.05) is 41.7 Å². The molecule has 1 aliphatic rings. The largest absolute Gasteiger partial charge is 0.322 e. The molecule has 0 bridgehead atoms. The number of nitrogens with one attached hydrogen (secondary N) is 3. The van der Waals surface area contributed by atoms with Gasteiger partial charge in [-0.2, -0.15) is 0 Å². The third-order valence-electron chi connectivity index (χ3n) is 3.56. The number of nitrogens with two attached hydrogens (primary N) is 1. The van der Waals surface area contributed by atoms with Crippen molar-refractivity contribution in [2.45, 2.75) is 18.5 Å². The molecule has 1 atom stereocenters. The lowest BCUT2D eigenvalue weighted by atomic mass is 10.0. The van der Waals surface area contributed by atoms with E-state index in [1.165, 1.54) is 11.3 Å². The lowest BCUT2D eigenvalue weighted by molar-refractivity contribution is 0.222. The van der Waals surface area contributed by atoms with Crippen LogP contribution in [0, 0.1) is 0 Å². The van der Waals surface area contributed by atoms with E-state index in [-0.39, 0.29) is 6.03 Å². The maximum absolute atomic E-state index is 12.1. The van der Waals surface area contributed by atoms with Crippen LogP contribution in [0.5, 0.6) is 0 Å². The molecule has 1 aliphatic heterocycles. The van der Waals surface area contributed by atoms with Crippen LogP contribution in [-0.2, 0) is 0 Å². The lowest BCUT2D eigenvalue weighted by Gasteiger charge is -2.34. The summed E-state index contributed by atoms with van der Waals surface area (Å²) in [5.41, 5.74) is 6.55. The van der Waals surface area contributed by atoms with Crippen LogP contribution in [0.4, 0.5) is 9.93 Å². The fourth-order valence-corrected chi connectivity index (χ4v) is 3.27. The normalized spacial score (nSPS) is 21.3. The van der Waals surface area contributed by atoms with Crippen molar-refractivity contribution < 1.29 is 4.79 Å². The van der Waals surface area contributed by atoms with Gasteiger partial charge in [0.15, 0.2) is 5.13 Å². The van der Waals surface area contributed by atoms with E-state index in [1.807, 2.05) is 30.3 Å². The number of amides is 2. The van der Waals surface area contributed by atoms with Gasteiger partial charge >= 0.3 is 6.03 Å². The number of aromatic nitrogens is 1. The van der Waals surface area contributed by atoms with E-state index in [1.54, 1.807) is 6.20 Å². The molecule has 0 aliphatic carbocycles. The molecular formula is C15H19N5OS. The zero-order chi connectivity index (χ0) is 15.4. The van der Waals surface area contributed by atoms with Crippen LogP contribution in [0.2, 0.25) is 0 Å². The molecule has 2 aromatic rings. The monoisotopic (exact) mass is 317 g/mol. The molecule has 7 heteroatoms. The third kappa shape index (κ3) is 3.62. The molecule has 5 N–H and O–H groups in total. The summed E-state index contributed by atoms with van der Waals surface area (Å²) in [6.45, 7) is 1.52. The van der Waals surface area contributed by atoms with E-state index in [0.717, 1.165) is 29.8 Å². The van der Waals surface area contributed by atoms with E-state index in [2.05, 4.69) is 20.9 Å². The topological polar surface area (TPSA) is 92.1 Å². The van der Waals surface area contributed by atoms with Crippen molar-refractivity contribution in [3.8, 4) is 10.4 Å². The maximum atomic E-state index is 12.1. The number of carbonyl (C=O) groups excluding carboxylic acids is 1. The summed E-state index contributed by atoms with van der Waals surface area (Å²) in [5.74, 6) is 0. The zero-order valence-electron chi connectivity index (χ0n) is 12.1. The first-order valence-corrected chi connectivity index (χ1v) is 8.06. The summed E-state index contributed by atoms with van der Waals surface area (Å²) in [5, 5.41) is 9.33. The Morgan fingerprint density at radius 1 is 1.36 bits per heavy atom. The fourth-order valence-electron chi connectivity index (χ4n) is 2.46. The number of urea groups is 1. The smallest absolute Gasteiger partial charge is 0.319 e. The minimum absolute atomic E-state index is 0.319. The highest BCUT2D eigenvalue weighted by Crippen LogP contribution is 2.28. The number of piperidine rings is 1. The van der Waals surface area contributed by atoms with Crippen molar-refractivity contribution in [1.29, 1.82) is 0 Å². The minimum atomic E-state index is -0.693. The standard InChI is InChI=1S/C15H19N5OS/c16-15(7-4-8-17-10-15)20-13(21)19-14-18-9-12(22-14)11-5-2-1-3-6-11/h1-3,5-6,9,17H,4,7-8,10,16H2,(H2,18,19,20,21). The number of anilines is 1. The molecule has 0 spiro atoms. The molecule has 0 radical (unpaired) electrons. The van der Waals surface area contributed by atoms with E-state index >= 15 is 0 Å². The highest BCUT2D eigenvalue weighted by molar-refractivity contribution is 7.19. The summed E-state index contributed by atoms with van der Waals surface area (Å²) in [6.07, 6.45) is 3.47. The fraction of sp³-hybridized carbons (Fsp3) is 0.333. The average Bonchev–Trinajstić information content (AvgIpc) is 2.96. The Labute approximate surface area is 133 Å². The molecule has 3 rings (SSSR count). The zero-order valence-corrected chi connectivity index (χ0v) is 13.0. The van der Waals surface area contributed by atoms with Gasteiger partial charge in [-0.3, -0.25) is 5.32 Å². The molecule has 2 amide bonds. The van der Waals surface area contributed by atoms with E-state index in [9.17, 15) is 4.79 Å². The predicted molar refractivity (Wildman–Crippen MR) is 88.7 cm³/mol. The van der Waals surface area contributed by atoms with Gasteiger partial charge in [-0.15, -0.1) is 0 Å². The van der Waals surface area contributed by atoms with Crippen LogP contribution in [0.3, 0.4) is 0 Å². The van der Waals surface area contributed by atoms with Gasteiger partial charge < -0.3 is 16.4 Å². The van der Waals surface area contributed by atoms with E-state index < -0.39 is 5.66 Å². The number of hydrogen-bond acceptors (Lipinski definition) is 5. The molecule has 1 aromatic carbocycles. The first-order chi connectivity index (χ1) is 10.6. The van der Waals surface area contributed by atoms with Crippen LogP contribution < -0.4 is 21.7 Å². The van der Waals surface area contributed by atoms with Crippen LogP contribution >= 0.6 is 11.3 Å². The number of rotatable bonds is 3. The number of carbonyl (C=O) groups is 1. The Morgan fingerprint density at radius 2 is 2.18 bits per heavy atom. The number of thiazole rings is 1. The number of benzene rings is 1. The van der Waals surface area contributed by atoms with Crippen LogP contribution in [-0.4, -0.2) is 29.8 Å². The highest BCUT2D eigenvalue weighted by Gasteiger charge is 2.29. The summed E-state index contributed by atoms with van der Waals surface area (Å²) in [7, 11) is 0. The SMILES string of the molecule is NC1(NC(=O)Nc2ncc(-c3ccccc3)s2)CCCNC1. The van der Waals surface area contributed by atoms with Gasteiger partial charge in [0.05, 0.1) is 4.88 Å². The van der Waals surface area contributed by atoms with E-state index in [4.69, 9.17) is 5.73 Å². The first kappa shape index (κ1) is 15.0. The van der Waals surface area contributed by atoms with Gasteiger partial charge in [0.25, 0.3) is 0 Å². The molecular weight excluding hydrogens is 298 g/mol. The average molecular weight is 317 g/mol. The summed E-state index contributed by atoms with van der Waals surface area (Å²) >= 11 is 1.44. The Hall–Kier alpha value is -1.96. The molecule has 2 heterocycles. The molecule has 1 aromatic heterocycles. The van der Waals surface area contributed by atoms with Crippen molar-refractivity contribution in [1.82, 2.24) is 15.6 Å². The van der Waals surface area contributed by atoms with Crippen molar-refractivity contribution >= 4 is 22.5 Å². The van der Waals surface area contributed by atoms with Crippen molar-refractivity contribution in [2.75, 3.05) is 18.4 Å². The second-order valence-corrected chi connectivity index (χ2v) is 6.44. The van der Waals surface area contributed by atoms with Gasteiger partial charge in [-0.05, 0) is 24.9 Å². The molecule has 1 unspecified atom stereocenters. The van der Waals surface area contributed by atoms with Gasteiger partial charge in [0, 0.05) is 12.7 Å². The Balaban J connectivity index is 1.61. The van der Waals surface area contributed by atoms with Crippen LogP contribution in [0.1, 0.15) is 12.8 Å². The second kappa shape index (κ2) is 6.43. The quantitative estimate of drug-likeness (QED) is 0.651. The van der Waals surface area contributed by atoms with Crippen LogP contribution in [0.25, 0.3) is 10.4 Å². The van der Waals surface area contributed by atoms with Gasteiger partial charge in [0.1, 0.15) is 5.66 Å². The highest BCUT2D eigenvalue weighted by atomic mass is 32.1. The molecule has 1 fully saturated rings. The summed E-state index contributed by atoms with van der Waals surface area (Å²) in [6, 6.07) is 9.63. The molecule has 6 nitrogen and oxygen atoms in total. The van der Waals surface area contributed by atoms with E-state index in [0.29, 0.717) is 11.7 Å². The lowest BCUT2D eigenvalue weighted by Crippen LogP contribution is -2.64. The molecule has 116 valence electrons. The van der Waals surface area contributed by atoms with Crippen molar-refractivity contribution in [2.24, 2.45) is 5.73 Å². The van der Waals surface area contributed by atoms with Crippen molar-refractivity contribution in [3.63, 3.8) is 0 Å². The van der Waals surface area contributed by atoms with Gasteiger partial charge in [0.2, 0.25) is 0 Å². The third-order valence-corrected chi connectivity index (χ3v) is 4.53. The molecule has 22 heavy (non-hydrogen) atoms. The molecule has 1 saturated heterocycles. The molecule has 0 saturated carbocycles. The first-order valence-electron chi connectivity index (χ1n) is 7.25. The number of nitrogens with zero attached hydrogens (tertiary/aromatic N) is 1. The summed E-state index contributed by atoms with van der Waals surface area (Å²) in [4.78, 5) is 17.3. The predicted octanol–water partition coefficient (Wildman–Crippen LogP) is 1.97. The van der Waals surface area contributed by atoms with Crippen molar-refractivity contribution in [3.05, 3.63) is 36.5 Å². The minimum Gasteiger partial charge on any atom is -0.319 e. The summed E-state index contributed by atoms with van der Waals surface area (Å²) < 4.78 is 0. The Morgan fingerprint density at radius 3 is 2.91 bits per heavy atom. The van der Waals surface area contributed by atoms with Crippen LogP contribution in [0.15, 0.2) is 36.5 Å². The Kier molecular flexibility index (Phi) is 4.37. The Bertz CT molecular complexity index is 636. The van der Waals surface area contributed by atoms with Gasteiger partial charge in [-0.25, -0.2) is 9.78 Å².